The molecule has 3 fully saturated rings. The summed E-state index contributed by atoms with van der Waals surface area (Å²) in [5.41, 5.74) is 12.8. The quantitative estimate of drug-likeness (QED) is 0.0481. The molecule has 3 aromatic carbocycles. The maximum atomic E-state index is 13.6. The molecule has 0 bridgehead atoms. The number of hydrogen-bond donors (Lipinski definition) is 4. The SMILES string of the molecule is CC.COCCOCCC(CCCCCNc1cccc(F)c1)CNc1cc(N2CCCCC2)ccn1.Nc1ccc(NC2CCCN(c3cccc(F)c3)C2)cc1C1CCCCC1. The molecule has 2 unspecified atom stereocenters. The standard InChI is InChI=1S/C28H43FN4O2.C23H30FN3.C2H6/c1-34-19-20-35-18-13-24(9-4-2-5-14-30-26-11-8-10-25(29)21-26)23-32-28-22-27(12-15-31-28)33-16-6-3-7-17-33;24-18-8-4-10-21(14-18)27-13-5-9-20(16-27)26-19-11-12-23(25)22(15-19)17-6-2-1-3-7-17;1-2/h8,10-12,15,21-22,24,30H,2-7,9,13-14,16-20,23H2,1H3,(H,31,32);4,8,10-12,14-15,17,20,26H,1-3,5-7,9,13,16,25H2;1-2H3. The number of pyridine rings is 1. The molecule has 3 aliphatic rings. The van der Waals surface area contributed by atoms with Crippen molar-refractivity contribution in [3.63, 3.8) is 0 Å². The van der Waals surface area contributed by atoms with Gasteiger partial charge in [-0.3, -0.25) is 0 Å². The van der Waals surface area contributed by atoms with Gasteiger partial charge in [0.1, 0.15) is 17.5 Å². The van der Waals surface area contributed by atoms with Crippen LogP contribution >= 0.6 is 0 Å². The maximum Gasteiger partial charge on any atom is 0.127 e. The topological polar surface area (TPSA) is 99.9 Å². The number of benzene rings is 3. The minimum atomic E-state index is -0.200. The van der Waals surface area contributed by atoms with Gasteiger partial charge in [0.05, 0.1) is 13.2 Å². The Bertz CT molecular complexity index is 1870. The van der Waals surface area contributed by atoms with Crippen LogP contribution < -0.4 is 31.5 Å². The van der Waals surface area contributed by atoms with Gasteiger partial charge in [0.15, 0.2) is 0 Å². The van der Waals surface area contributed by atoms with E-state index < -0.39 is 0 Å². The van der Waals surface area contributed by atoms with Crippen LogP contribution in [-0.4, -0.2) is 77.2 Å². The number of piperidine rings is 2. The summed E-state index contributed by atoms with van der Waals surface area (Å²) in [5.74, 6) is 1.72. The van der Waals surface area contributed by atoms with Crippen molar-refractivity contribution in [2.45, 2.75) is 122 Å². The highest BCUT2D eigenvalue weighted by atomic mass is 19.1. The van der Waals surface area contributed by atoms with Crippen LogP contribution in [0.25, 0.3) is 0 Å². The third kappa shape index (κ3) is 17.8. The van der Waals surface area contributed by atoms with Gasteiger partial charge in [0.2, 0.25) is 0 Å². The van der Waals surface area contributed by atoms with E-state index in [1.165, 1.54) is 74.8 Å². The van der Waals surface area contributed by atoms with Crippen molar-refractivity contribution in [3.8, 4) is 0 Å². The van der Waals surface area contributed by atoms with E-state index in [9.17, 15) is 8.78 Å². The van der Waals surface area contributed by atoms with Crippen LogP contribution in [0.1, 0.15) is 122 Å². The number of nitrogens with zero attached hydrogens (tertiary/aromatic N) is 3. The summed E-state index contributed by atoms with van der Waals surface area (Å²) in [6, 6.07) is 24.7. The number of halogens is 2. The summed E-state index contributed by atoms with van der Waals surface area (Å²) >= 11 is 0. The van der Waals surface area contributed by atoms with Gasteiger partial charge in [-0.25, -0.2) is 13.8 Å². The lowest BCUT2D eigenvalue weighted by atomic mass is 9.83. The predicted octanol–water partition coefficient (Wildman–Crippen LogP) is 12.5. The molecule has 1 saturated carbocycles. The molecular weight excluding hydrogens is 805 g/mol. The number of aromatic nitrogens is 1. The van der Waals surface area contributed by atoms with E-state index in [4.69, 9.17) is 15.2 Å². The van der Waals surface area contributed by atoms with Gasteiger partial charge >= 0.3 is 0 Å². The molecule has 1 aliphatic carbocycles. The van der Waals surface area contributed by atoms with Crippen LogP contribution in [0.2, 0.25) is 0 Å². The average Bonchev–Trinajstić information content (AvgIpc) is 3.33. The smallest absolute Gasteiger partial charge is 0.127 e. The Morgan fingerprint density at radius 2 is 1.45 bits per heavy atom. The number of nitrogens with one attached hydrogen (secondary N) is 3. The molecule has 3 heterocycles. The third-order valence-electron chi connectivity index (χ3n) is 12.7. The van der Waals surface area contributed by atoms with Crippen LogP contribution in [0.15, 0.2) is 85.1 Å². The molecule has 5 N–H and O–H groups in total. The van der Waals surface area contributed by atoms with Gasteiger partial charge in [-0.05, 0) is 142 Å². The Labute approximate surface area is 384 Å². The summed E-state index contributed by atoms with van der Waals surface area (Å²) in [4.78, 5) is 9.31. The van der Waals surface area contributed by atoms with Crippen LogP contribution in [0.3, 0.4) is 0 Å². The van der Waals surface area contributed by atoms with E-state index in [1.807, 2.05) is 32.2 Å². The summed E-state index contributed by atoms with van der Waals surface area (Å²) in [6.07, 6.45) is 20.1. The number of unbranched alkanes of at least 4 members (excludes halogenated alkanes) is 2. The zero-order valence-electron chi connectivity index (χ0n) is 39.3. The van der Waals surface area contributed by atoms with Crippen molar-refractivity contribution in [3.05, 3.63) is 102 Å². The highest BCUT2D eigenvalue weighted by Gasteiger charge is 2.22. The lowest BCUT2D eigenvalue weighted by Crippen LogP contribution is -2.42. The molecule has 2 atom stereocenters. The molecule has 2 saturated heterocycles. The van der Waals surface area contributed by atoms with Crippen molar-refractivity contribution in [1.82, 2.24) is 4.98 Å². The maximum absolute atomic E-state index is 13.6. The number of hydrogen-bond acceptors (Lipinski definition) is 9. The molecule has 0 radical (unpaired) electrons. The Hall–Kier alpha value is -4.61. The van der Waals surface area contributed by atoms with E-state index in [0.29, 0.717) is 31.1 Å². The molecule has 0 amide bonds. The van der Waals surface area contributed by atoms with Gasteiger partial charge in [-0.15, -0.1) is 0 Å². The molecule has 64 heavy (non-hydrogen) atoms. The molecule has 0 spiro atoms. The first-order valence-corrected chi connectivity index (χ1v) is 24.6. The second kappa shape index (κ2) is 29.0. The number of nitrogens with two attached hydrogens (primary N) is 1. The van der Waals surface area contributed by atoms with Crippen molar-refractivity contribution in [2.24, 2.45) is 5.92 Å². The first-order chi connectivity index (χ1) is 31.4. The molecule has 9 nitrogen and oxygen atoms in total. The van der Waals surface area contributed by atoms with Gasteiger partial charge in [0.25, 0.3) is 0 Å². The molecular formula is C53H79F2N7O2. The highest BCUT2D eigenvalue weighted by molar-refractivity contribution is 5.59. The minimum Gasteiger partial charge on any atom is -0.398 e. The fourth-order valence-corrected chi connectivity index (χ4v) is 9.19. The summed E-state index contributed by atoms with van der Waals surface area (Å²) in [6.45, 7) is 11.9. The fourth-order valence-electron chi connectivity index (χ4n) is 9.19. The van der Waals surface area contributed by atoms with Crippen molar-refractivity contribution < 1.29 is 18.3 Å². The van der Waals surface area contributed by atoms with Gasteiger partial charge < -0.3 is 41.0 Å². The summed E-state index contributed by atoms with van der Waals surface area (Å²) < 4.78 is 37.7. The van der Waals surface area contributed by atoms with E-state index in [2.05, 4.69) is 61.1 Å². The van der Waals surface area contributed by atoms with Crippen molar-refractivity contribution in [2.75, 3.05) is 97.7 Å². The van der Waals surface area contributed by atoms with E-state index >= 15 is 0 Å². The molecule has 352 valence electrons. The van der Waals surface area contributed by atoms with Gasteiger partial charge in [0, 0.05) is 99.7 Å². The predicted molar refractivity (Wildman–Crippen MR) is 266 cm³/mol. The van der Waals surface area contributed by atoms with Gasteiger partial charge in [-0.2, -0.15) is 0 Å². The van der Waals surface area contributed by atoms with Crippen LogP contribution in [0.4, 0.5) is 43.0 Å². The largest absolute Gasteiger partial charge is 0.398 e. The van der Waals surface area contributed by atoms with E-state index in [1.54, 1.807) is 31.4 Å². The van der Waals surface area contributed by atoms with E-state index in [-0.39, 0.29) is 11.6 Å². The zero-order valence-corrected chi connectivity index (χ0v) is 39.3. The average molecular weight is 884 g/mol. The molecule has 7 rings (SSSR count). The highest BCUT2D eigenvalue weighted by Crippen LogP contribution is 2.37. The first kappa shape index (κ1) is 50.4. The van der Waals surface area contributed by atoms with Crippen LogP contribution in [0, 0.1) is 17.6 Å². The molecule has 2 aliphatic heterocycles. The molecule has 1 aromatic heterocycles. The first-order valence-electron chi connectivity index (χ1n) is 24.6. The van der Waals surface area contributed by atoms with Crippen molar-refractivity contribution in [1.29, 1.82) is 0 Å². The Kier molecular flexibility index (Phi) is 22.9. The normalized spacial score (nSPS) is 17.0. The van der Waals surface area contributed by atoms with Gasteiger partial charge in [-0.1, -0.05) is 58.1 Å². The molecule has 11 heteroatoms. The lowest BCUT2D eigenvalue weighted by Gasteiger charge is -2.35. The zero-order chi connectivity index (χ0) is 45.2. The second-order valence-corrected chi connectivity index (χ2v) is 17.5. The summed E-state index contributed by atoms with van der Waals surface area (Å²) in [5, 5.41) is 10.6. The number of methoxy groups -OCH3 is 1. The third-order valence-corrected chi connectivity index (χ3v) is 12.7. The van der Waals surface area contributed by atoms with Crippen LogP contribution in [0.5, 0.6) is 0 Å². The fraction of sp³-hybridized carbons (Fsp3) is 0.566. The monoisotopic (exact) mass is 884 g/mol. The number of ether oxygens (including phenoxy) is 2. The lowest BCUT2D eigenvalue weighted by molar-refractivity contribution is 0.0637. The van der Waals surface area contributed by atoms with Crippen molar-refractivity contribution >= 4 is 34.3 Å². The molecule has 4 aromatic rings. The number of rotatable bonds is 21. The second-order valence-electron chi connectivity index (χ2n) is 17.5. The van der Waals surface area contributed by atoms with Crippen LogP contribution in [-0.2, 0) is 9.47 Å². The minimum absolute atomic E-state index is 0.168. The summed E-state index contributed by atoms with van der Waals surface area (Å²) in [7, 11) is 1.70. The van der Waals surface area contributed by atoms with E-state index in [0.717, 1.165) is 119 Å². The number of anilines is 6. The number of nitrogen functional groups attached to an aromatic ring is 1. The Morgan fingerprint density at radius 3 is 2.23 bits per heavy atom. The Balaban J connectivity index is 0.000000238. The Morgan fingerprint density at radius 1 is 0.703 bits per heavy atom.